The molecule has 2 rings (SSSR count). The Labute approximate surface area is 108 Å². The third-order valence-electron chi connectivity index (χ3n) is 3.34. The lowest BCUT2D eigenvalue weighted by molar-refractivity contribution is -0.127. The van der Waals surface area contributed by atoms with Gasteiger partial charge in [-0.15, -0.1) is 0 Å². The Kier molecular flexibility index (Phi) is 4.33. The minimum Gasteiger partial charge on any atom is -0.293 e. The fraction of sp³-hybridized carbons (Fsp3) is 0.500. The first kappa shape index (κ1) is 13.1. The second-order valence-electron chi connectivity index (χ2n) is 4.79. The lowest BCUT2D eigenvalue weighted by Crippen LogP contribution is -2.44. The van der Waals surface area contributed by atoms with Gasteiger partial charge >= 0.3 is 0 Å². The molecule has 0 aromatic heterocycles. The highest BCUT2D eigenvalue weighted by Crippen LogP contribution is 2.34. The summed E-state index contributed by atoms with van der Waals surface area (Å²) in [6, 6.07) is 10.1. The zero-order chi connectivity index (χ0) is 13.0. The maximum absolute atomic E-state index is 12.1. The average molecular weight is 247 g/mol. The van der Waals surface area contributed by atoms with Gasteiger partial charge in [-0.2, -0.15) is 0 Å². The fourth-order valence-electron chi connectivity index (χ4n) is 2.39. The lowest BCUT2D eigenvalue weighted by Gasteiger charge is -2.30. The molecule has 18 heavy (non-hydrogen) atoms. The quantitative estimate of drug-likeness (QED) is 0.456. The molecule has 0 aliphatic heterocycles. The molecule has 0 saturated heterocycles. The highest BCUT2D eigenvalue weighted by atomic mass is 16.2. The van der Waals surface area contributed by atoms with Crippen molar-refractivity contribution in [2.45, 2.75) is 38.3 Å². The van der Waals surface area contributed by atoms with Crippen LogP contribution in [-0.4, -0.2) is 23.4 Å². The molecule has 0 bridgehead atoms. The van der Waals surface area contributed by atoms with Crippen molar-refractivity contribution in [3.63, 3.8) is 0 Å². The van der Waals surface area contributed by atoms with Crippen LogP contribution in [-0.2, 0) is 4.79 Å². The summed E-state index contributed by atoms with van der Waals surface area (Å²) >= 11 is 0. The van der Waals surface area contributed by atoms with E-state index in [4.69, 9.17) is 5.84 Å². The summed E-state index contributed by atoms with van der Waals surface area (Å²) in [6.45, 7) is 3.06. The monoisotopic (exact) mass is 247 g/mol. The zero-order valence-electron chi connectivity index (χ0n) is 10.8. The zero-order valence-corrected chi connectivity index (χ0v) is 10.8. The number of hydrazine groups is 1. The molecule has 1 amide bonds. The topological polar surface area (TPSA) is 58.4 Å². The maximum Gasteiger partial charge on any atom is 0.255 e. The van der Waals surface area contributed by atoms with Crippen molar-refractivity contribution >= 4 is 5.91 Å². The third-order valence-corrected chi connectivity index (χ3v) is 3.34. The first-order valence-electron chi connectivity index (χ1n) is 6.59. The van der Waals surface area contributed by atoms with E-state index < -0.39 is 0 Å². The maximum atomic E-state index is 12.1. The van der Waals surface area contributed by atoms with Gasteiger partial charge in [0.1, 0.15) is 6.04 Å². The number of benzene rings is 1. The molecular weight excluding hydrogens is 226 g/mol. The van der Waals surface area contributed by atoms with Crippen LogP contribution >= 0.6 is 0 Å². The second-order valence-corrected chi connectivity index (χ2v) is 4.79. The van der Waals surface area contributed by atoms with Crippen molar-refractivity contribution < 1.29 is 4.79 Å². The molecule has 3 N–H and O–H groups in total. The largest absolute Gasteiger partial charge is 0.293 e. The van der Waals surface area contributed by atoms with E-state index in [0.29, 0.717) is 6.04 Å². The number of carbonyl (C=O) groups excluding carboxylic acids is 1. The summed E-state index contributed by atoms with van der Waals surface area (Å²) in [7, 11) is 0. The minimum absolute atomic E-state index is 0.124. The molecule has 1 atom stereocenters. The number of nitrogens with zero attached hydrogens (tertiary/aromatic N) is 1. The van der Waals surface area contributed by atoms with E-state index in [1.54, 1.807) is 0 Å². The van der Waals surface area contributed by atoms with Crippen LogP contribution in [0.3, 0.4) is 0 Å². The minimum atomic E-state index is -0.261. The van der Waals surface area contributed by atoms with Gasteiger partial charge in [0, 0.05) is 6.04 Å². The summed E-state index contributed by atoms with van der Waals surface area (Å²) in [4.78, 5) is 14.4. The van der Waals surface area contributed by atoms with Crippen LogP contribution < -0.4 is 11.3 Å². The summed E-state index contributed by atoms with van der Waals surface area (Å²) in [5.74, 6) is 5.22. The van der Waals surface area contributed by atoms with Crippen LogP contribution in [0.2, 0.25) is 0 Å². The Balaban J connectivity index is 2.26. The highest BCUT2D eigenvalue weighted by molar-refractivity contribution is 5.82. The number of amides is 1. The Morgan fingerprint density at radius 1 is 1.44 bits per heavy atom. The Morgan fingerprint density at radius 2 is 2.11 bits per heavy atom. The number of carbonyl (C=O) groups is 1. The SMILES string of the molecule is CCCN(C1CC1)C(C(=O)NN)c1ccccc1. The molecule has 1 aliphatic carbocycles. The van der Waals surface area contributed by atoms with E-state index >= 15 is 0 Å². The van der Waals surface area contributed by atoms with Crippen LogP contribution in [0.4, 0.5) is 0 Å². The van der Waals surface area contributed by atoms with E-state index in [0.717, 1.165) is 18.5 Å². The molecule has 1 unspecified atom stereocenters. The second kappa shape index (κ2) is 5.98. The van der Waals surface area contributed by atoms with E-state index in [-0.39, 0.29) is 11.9 Å². The van der Waals surface area contributed by atoms with Gasteiger partial charge in [-0.1, -0.05) is 37.3 Å². The number of nitrogens with two attached hydrogens (primary N) is 1. The van der Waals surface area contributed by atoms with Gasteiger partial charge in [0.2, 0.25) is 0 Å². The number of rotatable bonds is 6. The molecular formula is C14H21N3O. The Morgan fingerprint density at radius 3 is 2.61 bits per heavy atom. The van der Waals surface area contributed by atoms with Gasteiger partial charge in [0.25, 0.3) is 5.91 Å². The molecule has 0 radical (unpaired) electrons. The predicted molar refractivity (Wildman–Crippen MR) is 71.5 cm³/mol. The van der Waals surface area contributed by atoms with Gasteiger partial charge in [-0.25, -0.2) is 5.84 Å². The highest BCUT2D eigenvalue weighted by Gasteiger charge is 2.37. The standard InChI is InChI=1S/C14H21N3O/c1-2-10-17(12-8-9-12)13(14(18)16-15)11-6-4-3-5-7-11/h3-7,12-13H,2,8-10,15H2,1H3,(H,16,18). The molecule has 0 heterocycles. The molecule has 4 nitrogen and oxygen atoms in total. The van der Waals surface area contributed by atoms with Crippen molar-refractivity contribution in [1.82, 2.24) is 10.3 Å². The summed E-state index contributed by atoms with van der Waals surface area (Å²) < 4.78 is 0. The van der Waals surface area contributed by atoms with E-state index in [1.165, 1.54) is 12.8 Å². The van der Waals surface area contributed by atoms with Crippen LogP contribution in [0, 0.1) is 0 Å². The lowest BCUT2D eigenvalue weighted by atomic mass is 10.0. The van der Waals surface area contributed by atoms with Crippen molar-refractivity contribution in [3.8, 4) is 0 Å². The number of nitrogens with one attached hydrogen (secondary N) is 1. The van der Waals surface area contributed by atoms with E-state index in [9.17, 15) is 4.79 Å². The molecule has 1 fully saturated rings. The van der Waals surface area contributed by atoms with Crippen molar-refractivity contribution in [2.24, 2.45) is 5.84 Å². The van der Waals surface area contributed by atoms with Gasteiger partial charge in [-0.05, 0) is 31.4 Å². The molecule has 1 aromatic rings. The third kappa shape index (κ3) is 2.89. The van der Waals surface area contributed by atoms with E-state index in [2.05, 4.69) is 17.2 Å². The number of hydrogen-bond acceptors (Lipinski definition) is 3. The first-order chi connectivity index (χ1) is 8.77. The number of hydrogen-bond donors (Lipinski definition) is 2. The van der Waals surface area contributed by atoms with Crippen LogP contribution in [0.15, 0.2) is 30.3 Å². The van der Waals surface area contributed by atoms with Crippen LogP contribution in [0.5, 0.6) is 0 Å². The molecule has 0 spiro atoms. The molecule has 4 heteroatoms. The molecule has 1 aromatic carbocycles. The molecule has 98 valence electrons. The molecule has 1 aliphatic rings. The van der Waals surface area contributed by atoms with Crippen LogP contribution in [0.25, 0.3) is 0 Å². The molecule has 1 saturated carbocycles. The fourth-order valence-corrected chi connectivity index (χ4v) is 2.39. The van der Waals surface area contributed by atoms with E-state index in [1.807, 2.05) is 30.3 Å². The van der Waals surface area contributed by atoms with Gasteiger partial charge < -0.3 is 0 Å². The summed E-state index contributed by atoms with van der Waals surface area (Å²) in [5.41, 5.74) is 3.32. The summed E-state index contributed by atoms with van der Waals surface area (Å²) in [6.07, 6.45) is 3.40. The van der Waals surface area contributed by atoms with Gasteiger partial charge in [0.15, 0.2) is 0 Å². The predicted octanol–water partition coefficient (Wildman–Crippen LogP) is 1.59. The smallest absolute Gasteiger partial charge is 0.255 e. The Bertz CT molecular complexity index is 389. The Hall–Kier alpha value is -1.39. The van der Waals surface area contributed by atoms with Crippen molar-refractivity contribution in [2.75, 3.05) is 6.54 Å². The van der Waals surface area contributed by atoms with Gasteiger partial charge in [0.05, 0.1) is 0 Å². The van der Waals surface area contributed by atoms with Crippen LogP contribution in [0.1, 0.15) is 37.8 Å². The average Bonchev–Trinajstić information content (AvgIpc) is 3.23. The van der Waals surface area contributed by atoms with Crippen molar-refractivity contribution in [1.29, 1.82) is 0 Å². The van der Waals surface area contributed by atoms with Crippen molar-refractivity contribution in [3.05, 3.63) is 35.9 Å². The van der Waals surface area contributed by atoms with Gasteiger partial charge in [-0.3, -0.25) is 15.1 Å². The normalized spacial score (nSPS) is 16.6. The summed E-state index contributed by atoms with van der Waals surface area (Å²) in [5, 5.41) is 0. The first-order valence-corrected chi connectivity index (χ1v) is 6.59.